The molecule has 16 heavy (non-hydrogen) atoms. The molecule has 0 saturated carbocycles. The minimum Gasteiger partial charge on any atom is -0.481 e. The van der Waals surface area contributed by atoms with Gasteiger partial charge in [-0.1, -0.05) is 30.3 Å². The molecule has 0 aliphatic rings. The number of aliphatic carboxylic acids is 1. The Morgan fingerprint density at radius 3 is 2.62 bits per heavy atom. The SMILES string of the molecule is C#CCCCC(Cc1ccccc1)C(=O)O. The van der Waals surface area contributed by atoms with E-state index in [0.717, 1.165) is 12.0 Å². The van der Waals surface area contributed by atoms with Gasteiger partial charge in [0.1, 0.15) is 0 Å². The molecule has 84 valence electrons. The van der Waals surface area contributed by atoms with Gasteiger partial charge in [0.25, 0.3) is 0 Å². The Kier molecular flexibility index (Phi) is 5.15. The van der Waals surface area contributed by atoms with Crippen molar-refractivity contribution in [3.63, 3.8) is 0 Å². The molecular formula is C14H16O2. The van der Waals surface area contributed by atoms with E-state index < -0.39 is 5.97 Å². The number of terminal acetylenes is 1. The quantitative estimate of drug-likeness (QED) is 0.586. The van der Waals surface area contributed by atoms with Gasteiger partial charge < -0.3 is 5.11 Å². The topological polar surface area (TPSA) is 37.3 Å². The van der Waals surface area contributed by atoms with E-state index in [2.05, 4.69) is 5.92 Å². The normalized spacial score (nSPS) is 11.7. The highest BCUT2D eigenvalue weighted by Crippen LogP contribution is 2.15. The highest BCUT2D eigenvalue weighted by molar-refractivity contribution is 5.70. The average Bonchev–Trinajstić information content (AvgIpc) is 2.29. The molecule has 0 bridgehead atoms. The highest BCUT2D eigenvalue weighted by Gasteiger charge is 2.16. The molecule has 0 aromatic heterocycles. The average molecular weight is 216 g/mol. The van der Waals surface area contributed by atoms with Gasteiger partial charge in [0.15, 0.2) is 0 Å². The van der Waals surface area contributed by atoms with E-state index in [4.69, 9.17) is 11.5 Å². The van der Waals surface area contributed by atoms with Gasteiger partial charge in [0, 0.05) is 6.42 Å². The Bertz CT molecular complexity index is 362. The number of unbranched alkanes of at least 4 members (excludes halogenated alkanes) is 1. The lowest BCUT2D eigenvalue weighted by atomic mass is 9.94. The summed E-state index contributed by atoms with van der Waals surface area (Å²) in [6, 6.07) is 9.69. The first kappa shape index (κ1) is 12.3. The number of carboxylic acids is 1. The van der Waals surface area contributed by atoms with E-state index in [1.165, 1.54) is 0 Å². The van der Waals surface area contributed by atoms with Gasteiger partial charge in [-0.25, -0.2) is 0 Å². The van der Waals surface area contributed by atoms with Crippen LogP contribution in [0, 0.1) is 18.3 Å². The molecule has 1 aromatic carbocycles. The van der Waals surface area contributed by atoms with Crippen molar-refractivity contribution >= 4 is 5.97 Å². The largest absolute Gasteiger partial charge is 0.481 e. The highest BCUT2D eigenvalue weighted by atomic mass is 16.4. The van der Waals surface area contributed by atoms with Crippen molar-refractivity contribution in [3.05, 3.63) is 35.9 Å². The number of hydrogen-bond acceptors (Lipinski definition) is 1. The van der Waals surface area contributed by atoms with Crippen LogP contribution in [0.15, 0.2) is 30.3 Å². The summed E-state index contributed by atoms with van der Waals surface area (Å²) in [5, 5.41) is 9.08. The molecule has 0 radical (unpaired) electrons. The molecule has 0 aliphatic heterocycles. The first-order valence-electron chi connectivity index (χ1n) is 5.44. The lowest BCUT2D eigenvalue weighted by Crippen LogP contribution is -2.16. The summed E-state index contributed by atoms with van der Waals surface area (Å²) >= 11 is 0. The Morgan fingerprint density at radius 2 is 2.06 bits per heavy atom. The van der Waals surface area contributed by atoms with Gasteiger partial charge in [0.2, 0.25) is 0 Å². The zero-order chi connectivity index (χ0) is 11.8. The van der Waals surface area contributed by atoms with E-state index in [0.29, 0.717) is 19.3 Å². The summed E-state index contributed by atoms with van der Waals surface area (Å²) < 4.78 is 0. The van der Waals surface area contributed by atoms with Crippen LogP contribution in [0.5, 0.6) is 0 Å². The number of carboxylic acid groups (broad SMARTS) is 1. The first-order valence-corrected chi connectivity index (χ1v) is 5.44. The van der Waals surface area contributed by atoms with Crippen LogP contribution < -0.4 is 0 Å². The molecule has 0 heterocycles. The van der Waals surface area contributed by atoms with Gasteiger partial charge >= 0.3 is 5.97 Å². The third kappa shape index (κ3) is 4.18. The molecule has 1 N–H and O–H groups in total. The summed E-state index contributed by atoms with van der Waals surface area (Å²) in [4.78, 5) is 11.0. The first-order chi connectivity index (χ1) is 7.74. The third-order valence-electron chi connectivity index (χ3n) is 2.55. The molecule has 1 atom stereocenters. The monoisotopic (exact) mass is 216 g/mol. The van der Waals surface area contributed by atoms with Crippen molar-refractivity contribution < 1.29 is 9.90 Å². The molecule has 2 heteroatoms. The maximum Gasteiger partial charge on any atom is 0.306 e. The molecule has 1 unspecified atom stereocenters. The summed E-state index contributed by atoms with van der Waals surface area (Å²) in [5.74, 6) is 1.47. The van der Waals surface area contributed by atoms with Crippen LogP contribution in [0.1, 0.15) is 24.8 Å². The van der Waals surface area contributed by atoms with Crippen LogP contribution >= 0.6 is 0 Å². The summed E-state index contributed by atoms with van der Waals surface area (Å²) in [7, 11) is 0. The molecule has 0 fully saturated rings. The number of hydrogen-bond donors (Lipinski definition) is 1. The number of carbonyl (C=O) groups is 1. The molecule has 0 aliphatic carbocycles. The van der Waals surface area contributed by atoms with Gasteiger partial charge in [-0.05, 0) is 24.8 Å². The van der Waals surface area contributed by atoms with Crippen molar-refractivity contribution in [2.75, 3.05) is 0 Å². The minimum atomic E-state index is -0.735. The van der Waals surface area contributed by atoms with Gasteiger partial charge in [-0.2, -0.15) is 0 Å². The van der Waals surface area contributed by atoms with E-state index in [1.807, 2.05) is 30.3 Å². The van der Waals surface area contributed by atoms with E-state index >= 15 is 0 Å². The predicted octanol–water partition coefficient (Wildman–Crippen LogP) is 2.73. The second kappa shape index (κ2) is 6.68. The summed E-state index contributed by atoms with van der Waals surface area (Å²) in [6.07, 6.45) is 7.81. The second-order valence-corrected chi connectivity index (χ2v) is 3.82. The van der Waals surface area contributed by atoms with Crippen molar-refractivity contribution in [3.8, 4) is 12.3 Å². The zero-order valence-corrected chi connectivity index (χ0v) is 9.23. The standard InChI is InChI=1S/C14H16O2/c1-2-3-5-10-13(14(15)16)11-12-8-6-4-7-9-12/h1,4,6-9,13H,3,5,10-11H2,(H,15,16). The second-order valence-electron chi connectivity index (χ2n) is 3.82. The smallest absolute Gasteiger partial charge is 0.306 e. The molecule has 2 nitrogen and oxygen atoms in total. The fraction of sp³-hybridized carbons (Fsp3) is 0.357. The van der Waals surface area contributed by atoms with Gasteiger partial charge in [0.05, 0.1) is 5.92 Å². The van der Waals surface area contributed by atoms with Crippen LogP contribution in [0.2, 0.25) is 0 Å². The molecule has 1 aromatic rings. The lowest BCUT2D eigenvalue weighted by molar-refractivity contribution is -0.141. The fourth-order valence-electron chi connectivity index (χ4n) is 1.66. The maximum absolute atomic E-state index is 11.0. The summed E-state index contributed by atoms with van der Waals surface area (Å²) in [5.41, 5.74) is 1.07. The van der Waals surface area contributed by atoms with Gasteiger partial charge in [-0.15, -0.1) is 12.3 Å². The van der Waals surface area contributed by atoms with E-state index in [1.54, 1.807) is 0 Å². The molecule has 0 spiro atoms. The Morgan fingerprint density at radius 1 is 1.38 bits per heavy atom. The van der Waals surface area contributed by atoms with Crippen LogP contribution in [-0.2, 0) is 11.2 Å². The molecule has 1 rings (SSSR count). The van der Waals surface area contributed by atoms with Gasteiger partial charge in [-0.3, -0.25) is 4.79 Å². The Labute approximate surface area is 96.3 Å². The van der Waals surface area contributed by atoms with Crippen LogP contribution in [0.4, 0.5) is 0 Å². The third-order valence-corrected chi connectivity index (χ3v) is 2.55. The number of benzene rings is 1. The molecule has 0 saturated heterocycles. The minimum absolute atomic E-state index is 0.323. The summed E-state index contributed by atoms with van der Waals surface area (Å²) in [6.45, 7) is 0. The van der Waals surface area contributed by atoms with Crippen LogP contribution in [0.25, 0.3) is 0 Å². The maximum atomic E-state index is 11.0. The van der Waals surface area contributed by atoms with E-state index in [-0.39, 0.29) is 5.92 Å². The predicted molar refractivity (Wildman–Crippen MR) is 64.0 cm³/mol. The lowest BCUT2D eigenvalue weighted by Gasteiger charge is -2.11. The zero-order valence-electron chi connectivity index (χ0n) is 9.23. The number of rotatable bonds is 6. The van der Waals surface area contributed by atoms with Crippen LogP contribution in [0.3, 0.4) is 0 Å². The van der Waals surface area contributed by atoms with Crippen molar-refractivity contribution in [2.45, 2.75) is 25.7 Å². The van der Waals surface area contributed by atoms with E-state index in [9.17, 15) is 4.79 Å². The van der Waals surface area contributed by atoms with Crippen molar-refractivity contribution in [1.29, 1.82) is 0 Å². The van der Waals surface area contributed by atoms with Crippen molar-refractivity contribution in [2.24, 2.45) is 5.92 Å². The van der Waals surface area contributed by atoms with Crippen molar-refractivity contribution in [1.82, 2.24) is 0 Å². The molecular weight excluding hydrogens is 200 g/mol. The Hall–Kier alpha value is -1.75. The Balaban J connectivity index is 2.52. The molecule has 0 amide bonds. The van der Waals surface area contributed by atoms with Crippen LogP contribution in [-0.4, -0.2) is 11.1 Å². The fourth-order valence-corrected chi connectivity index (χ4v) is 1.66.